The highest BCUT2D eigenvalue weighted by atomic mass is 35.5. The van der Waals surface area contributed by atoms with E-state index in [1.807, 2.05) is 56.3 Å². The Morgan fingerprint density at radius 3 is 2.54 bits per heavy atom. The van der Waals surface area contributed by atoms with E-state index in [1.165, 1.54) is 12.4 Å². The van der Waals surface area contributed by atoms with Gasteiger partial charge in [-0.3, -0.25) is 4.79 Å². The predicted molar refractivity (Wildman–Crippen MR) is 180 cm³/mol. The van der Waals surface area contributed by atoms with Crippen LogP contribution in [0.4, 0.5) is 27.4 Å². The van der Waals surface area contributed by atoms with Crippen molar-refractivity contribution in [1.82, 2.24) is 15.0 Å². The van der Waals surface area contributed by atoms with Crippen LogP contribution in [-0.2, 0) is 6.54 Å². The number of hydrogen-bond donors (Lipinski definition) is 3. The van der Waals surface area contributed by atoms with Crippen molar-refractivity contribution in [3.8, 4) is 11.5 Å². The van der Waals surface area contributed by atoms with Crippen molar-refractivity contribution < 1.29 is 18.7 Å². The topological polar surface area (TPSA) is 110 Å². The Balaban J connectivity index is 1.33. The molecule has 9 nitrogen and oxygen atoms in total. The molecule has 6 aromatic rings. The van der Waals surface area contributed by atoms with Gasteiger partial charge in [-0.2, -0.15) is 0 Å². The number of aromatic nitrogens is 3. The molecule has 0 aliphatic rings. The number of amides is 1. The van der Waals surface area contributed by atoms with E-state index in [0.717, 1.165) is 22.1 Å². The van der Waals surface area contributed by atoms with E-state index in [4.69, 9.17) is 21.1 Å². The maximum absolute atomic E-state index is 14.7. The van der Waals surface area contributed by atoms with E-state index in [1.54, 1.807) is 38.6 Å². The zero-order chi connectivity index (χ0) is 32.4. The number of nitrogens with one attached hydrogen (secondary N) is 3. The number of ether oxygens (including phenoxy) is 2. The van der Waals surface area contributed by atoms with E-state index >= 15 is 0 Å². The summed E-state index contributed by atoms with van der Waals surface area (Å²) in [4.78, 5) is 27.4. The number of aryl methyl sites for hydroxylation is 2. The number of pyridine rings is 1. The molecule has 4 aromatic carbocycles. The summed E-state index contributed by atoms with van der Waals surface area (Å²) in [5.41, 5.74) is 4.31. The molecule has 0 fully saturated rings. The Kier molecular flexibility index (Phi) is 8.54. The molecular formula is C35H30ClFN6O3. The molecule has 0 unspecified atom stereocenters. The van der Waals surface area contributed by atoms with Gasteiger partial charge in [0.05, 0.1) is 41.7 Å². The van der Waals surface area contributed by atoms with Crippen molar-refractivity contribution in [3.05, 3.63) is 112 Å². The molecular weight excluding hydrogens is 607 g/mol. The molecule has 232 valence electrons. The Bertz CT molecular complexity index is 2120. The summed E-state index contributed by atoms with van der Waals surface area (Å²) in [7, 11) is 3.21. The lowest BCUT2D eigenvalue weighted by Crippen LogP contribution is -2.15. The van der Waals surface area contributed by atoms with Crippen LogP contribution in [0.2, 0.25) is 5.02 Å². The summed E-state index contributed by atoms with van der Waals surface area (Å²) in [6, 6.07) is 19.6. The Labute approximate surface area is 269 Å². The van der Waals surface area contributed by atoms with Crippen molar-refractivity contribution >= 4 is 62.2 Å². The molecule has 2 aromatic heterocycles. The van der Waals surface area contributed by atoms with Crippen LogP contribution in [0.15, 0.2) is 79.3 Å². The van der Waals surface area contributed by atoms with E-state index in [-0.39, 0.29) is 16.6 Å². The summed E-state index contributed by atoms with van der Waals surface area (Å²) in [5.74, 6) is 1.47. The van der Waals surface area contributed by atoms with Crippen LogP contribution in [0.25, 0.3) is 21.7 Å². The second-order valence-corrected chi connectivity index (χ2v) is 11.1. The highest BCUT2D eigenvalue weighted by molar-refractivity contribution is 6.31. The average Bonchev–Trinajstić information content (AvgIpc) is 3.06. The molecule has 46 heavy (non-hydrogen) atoms. The fourth-order valence-electron chi connectivity index (χ4n) is 5.34. The molecule has 11 heteroatoms. The summed E-state index contributed by atoms with van der Waals surface area (Å²) < 4.78 is 25.5. The van der Waals surface area contributed by atoms with Crippen LogP contribution in [0.5, 0.6) is 11.5 Å². The second kappa shape index (κ2) is 12.9. The minimum absolute atomic E-state index is 0.00189. The third kappa shape index (κ3) is 5.94. The number of hydrogen-bond acceptors (Lipinski definition) is 8. The highest BCUT2D eigenvalue weighted by Crippen LogP contribution is 2.34. The molecule has 1 amide bonds. The third-order valence-corrected chi connectivity index (χ3v) is 7.96. The molecule has 0 aliphatic carbocycles. The first-order chi connectivity index (χ1) is 22.3. The molecule has 0 atom stereocenters. The van der Waals surface area contributed by atoms with Gasteiger partial charge in [0, 0.05) is 40.5 Å². The maximum atomic E-state index is 14.7. The van der Waals surface area contributed by atoms with Gasteiger partial charge in [-0.15, -0.1) is 0 Å². The number of benzene rings is 4. The van der Waals surface area contributed by atoms with Gasteiger partial charge in [-0.1, -0.05) is 29.8 Å². The molecule has 0 bridgehead atoms. The van der Waals surface area contributed by atoms with Crippen LogP contribution in [0.1, 0.15) is 27.0 Å². The normalized spacial score (nSPS) is 11.0. The summed E-state index contributed by atoms with van der Waals surface area (Å²) in [6.07, 6.45) is 3.04. The van der Waals surface area contributed by atoms with Gasteiger partial charge in [-0.25, -0.2) is 19.3 Å². The van der Waals surface area contributed by atoms with Crippen LogP contribution < -0.4 is 25.4 Å². The summed E-state index contributed by atoms with van der Waals surface area (Å²) in [6.45, 7) is 4.25. The molecule has 0 aliphatic heterocycles. The molecule has 2 heterocycles. The zero-order valence-electron chi connectivity index (χ0n) is 25.5. The molecule has 0 spiro atoms. The largest absolute Gasteiger partial charge is 0.497 e. The van der Waals surface area contributed by atoms with Gasteiger partial charge in [0.2, 0.25) is 0 Å². The SMILES string of the molecule is COc1ccc(CNc2ncnc3c(C(=O)Nc4c(C)ccc5c(Nc6cccc(Cl)c6F)nccc45)cc(C)cc23)c(OC)c1. The number of rotatable bonds is 9. The number of nitrogens with zero attached hydrogens (tertiary/aromatic N) is 3. The second-order valence-electron chi connectivity index (χ2n) is 10.7. The van der Waals surface area contributed by atoms with E-state index in [2.05, 4.69) is 30.9 Å². The first kappa shape index (κ1) is 30.5. The lowest BCUT2D eigenvalue weighted by molar-refractivity contribution is 0.102. The van der Waals surface area contributed by atoms with Crippen LogP contribution in [0, 0.1) is 19.7 Å². The molecule has 6 rings (SSSR count). The third-order valence-electron chi connectivity index (χ3n) is 7.67. The molecule has 0 saturated carbocycles. The van der Waals surface area contributed by atoms with Crippen molar-refractivity contribution in [1.29, 1.82) is 0 Å². The van der Waals surface area contributed by atoms with E-state index < -0.39 is 5.82 Å². The van der Waals surface area contributed by atoms with E-state index in [0.29, 0.717) is 57.2 Å². The average molecular weight is 637 g/mol. The fourth-order valence-corrected chi connectivity index (χ4v) is 5.52. The maximum Gasteiger partial charge on any atom is 0.257 e. The van der Waals surface area contributed by atoms with Crippen molar-refractivity contribution in [3.63, 3.8) is 0 Å². The Morgan fingerprint density at radius 2 is 1.74 bits per heavy atom. The fraction of sp³-hybridized carbons (Fsp3) is 0.143. The number of carbonyl (C=O) groups is 1. The molecule has 0 radical (unpaired) electrons. The Hall–Kier alpha value is -5.48. The number of fused-ring (bicyclic) bond motifs is 2. The van der Waals surface area contributed by atoms with Crippen LogP contribution in [-0.4, -0.2) is 35.1 Å². The summed E-state index contributed by atoms with van der Waals surface area (Å²) in [5, 5.41) is 11.7. The van der Waals surface area contributed by atoms with Crippen LogP contribution >= 0.6 is 11.6 Å². The summed E-state index contributed by atoms with van der Waals surface area (Å²) >= 11 is 5.99. The number of carbonyl (C=O) groups excluding carboxylic acids is 1. The first-order valence-electron chi connectivity index (χ1n) is 14.4. The lowest BCUT2D eigenvalue weighted by atomic mass is 10.0. The van der Waals surface area contributed by atoms with Gasteiger partial charge < -0.3 is 25.4 Å². The smallest absolute Gasteiger partial charge is 0.257 e. The van der Waals surface area contributed by atoms with E-state index in [9.17, 15) is 9.18 Å². The van der Waals surface area contributed by atoms with Crippen molar-refractivity contribution in [2.24, 2.45) is 0 Å². The van der Waals surface area contributed by atoms with Crippen LogP contribution in [0.3, 0.4) is 0 Å². The number of methoxy groups -OCH3 is 2. The Morgan fingerprint density at radius 1 is 0.891 bits per heavy atom. The monoisotopic (exact) mass is 636 g/mol. The highest BCUT2D eigenvalue weighted by Gasteiger charge is 2.19. The lowest BCUT2D eigenvalue weighted by Gasteiger charge is -2.16. The standard InChI is InChI=1S/C35H30ClFN6O3/c1-19-14-25-32(40-18-41-33(25)39-17-21-9-10-22(45-3)16-29(21)46-4)26(15-19)35(44)43-31-20(2)8-11-24-23(31)12-13-38-34(24)42-28-7-5-6-27(36)30(28)37/h5-16,18H,17H2,1-4H3,(H,38,42)(H,43,44)(H,39,40,41). The minimum atomic E-state index is -0.575. The van der Waals surface area contributed by atoms with Crippen molar-refractivity contribution in [2.75, 3.05) is 30.2 Å². The van der Waals surface area contributed by atoms with Gasteiger partial charge in [0.1, 0.15) is 29.5 Å². The van der Waals surface area contributed by atoms with Crippen molar-refractivity contribution in [2.45, 2.75) is 20.4 Å². The number of halogens is 2. The predicted octanol–water partition coefficient (Wildman–Crippen LogP) is 8.21. The van der Waals surface area contributed by atoms with Gasteiger partial charge >= 0.3 is 0 Å². The minimum Gasteiger partial charge on any atom is -0.497 e. The number of anilines is 4. The molecule has 0 saturated heterocycles. The zero-order valence-corrected chi connectivity index (χ0v) is 26.3. The quantitative estimate of drug-likeness (QED) is 0.146. The van der Waals surface area contributed by atoms with Gasteiger partial charge in [0.15, 0.2) is 5.82 Å². The molecule has 3 N–H and O–H groups in total. The van der Waals surface area contributed by atoms with Gasteiger partial charge in [-0.05, 0) is 67.4 Å². The first-order valence-corrected chi connectivity index (χ1v) is 14.8. The van der Waals surface area contributed by atoms with Gasteiger partial charge in [0.25, 0.3) is 5.91 Å².